The minimum absolute atomic E-state index is 0.178. The van der Waals surface area contributed by atoms with Crippen LogP contribution in [-0.4, -0.2) is 15.7 Å². The molecule has 0 aliphatic carbocycles. The monoisotopic (exact) mass is 314 g/mol. The first-order valence-electron chi connectivity index (χ1n) is 6.30. The molecule has 0 N–H and O–H groups in total. The van der Waals surface area contributed by atoms with Gasteiger partial charge in [-0.25, -0.2) is 4.68 Å². The molecule has 0 saturated carbocycles. The lowest BCUT2D eigenvalue weighted by Gasteiger charge is -2.00. The second-order valence-electron chi connectivity index (χ2n) is 4.35. The number of hydrogen-bond donors (Lipinski definition) is 0. The summed E-state index contributed by atoms with van der Waals surface area (Å²) >= 11 is 7.47. The molecule has 3 aromatic rings. The maximum atomic E-state index is 12.2. The Bertz CT molecular complexity index is 773. The lowest BCUT2D eigenvalue weighted by atomic mass is 10.2. The van der Waals surface area contributed by atoms with Crippen LogP contribution in [0.3, 0.4) is 0 Å². The summed E-state index contributed by atoms with van der Waals surface area (Å²) in [5, 5.41) is 6.88. The zero-order chi connectivity index (χ0) is 14.7. The van der Waals surface area contributed by atoms with Gasteiger partial charge in [0.1, 0.15) is 0 Å². The Hall–Kier alpha value is -2.17. The van der Waals surface area contributed by atoms with Crippen molar-refractivity contribution in [1.82, 2.24) is 9.78 Å². The zero-order valence-electron chi connectivity index (χ0n) is 10.9. The molecule has 0 aliphatic rings. The van der Waals surface area contributed by atoms with E-state index in [0.717, 1.165) is 10.6 Å². The molecule has 0 unspecified atom stereocenters. The number of rotatable bonds is 3. The normalized spacial score (nSPS) is 11.1. The van der Waals surface area contributed by atoms with Crippen LogP contribution in [0.2, 0.25) is 5.02 Å². The first-order valence-corrected chi connectivity index (χ1v) is 7.56. The Morgan fingerprint density at radius 2 is 1.95 bits per heavy atom. The molecule has 0 radical (unpaired) electrons. The fourth-order valence-electron chi connectivity index (χ4n) is 1.82. The van der Waals surface area contributed by atoms with Crippen LogP contribution in [0.1, 0.15) is 20.9 Å². The van der Waals surface area contributed by atoms with E-state index in [1.165, 1.54) is 4.68 Å². The Kier molecular flexibility index (Phi) is 3.99. The average molecular weight is 315 g/mol. The van der Waals surface area contributed by atoms with Gasteiger partial charge in [-0.3, -0.25) is 4.79 Å². The highest BCUT2D eigenvalue weighted by molar-refractivity contribution is 7.10. The van der Waals surface area contributed by atoms with Gasteiger partial charge in [-0.1, -0.05) is 17.7 Å². The van der Waals surface area contributed by atoms with E-state index >= 15 is 0 Å². The summed E-state index contributed by atoms with van der Waals surface area (Å²) in [6.45, 7) is 0. The standard InChI is InChI=1S/C16H11ClN2OS/c17-13-5-3-12(4-6-13)16(20)19-10-9-14(18-19)7-8-15-2-1-11-21-15/h1-11H/b8-7+. The quantitative estimate of drug-likeness (QED) is 0.715. The fraction of sp³-hybridized carbons (Fsp3) is 0. The maximum absolute atomic E-state index is 12.2. The first-order chi connectivity index (χ1) is 10.2. The van der Waals surface area contributed by atoms with E-state index in [2.05, 4.69) is 5.10 Å². The minimum atomic E-state index is -0.178. The van der Waals surface area contributed by atoms with Crippen LogP contribution in [-0.2, 0) is 0 Å². The average Bonchev–Trinajstić information content (AvgIpc) is 3.17. The van der Waals surface area contributed by atoms with E-state index < -0.39 is 0 Å². The van der Waals surface area contributed by atoms with Gasteiger partial charge < -0.3 is 0 Å². The van der Waals surface area contributed by atoms with Gasteiger partial charge in [0.2, 0.25) is 0 Å². The Morgan fingerprint density at radius 3 is 2.67 bits per heavy atom. The molecule has 104 valence electrons. The molecular weight excluding hydrogens is 304 g/mol. The number of benzene rings is 1. The maximum Gasteiger partial charge on any atom is 0.278 e. The molecule has 0 atom stereocenters. The zero-order valence-corrected chi connectivity index (χ0v) is 12.5. The van der Waals surface area contributed by atoms with Gasteiger partial charge in [-0.05, 0) is 53.9 Å². The van der Waals surface area contributed by atoms with Crippen molar-refractivity contribution in [2.45, 2.75) is 0 Å². The Balaban J connectivity index is 1.78. The molecule has 1 aromatic carbocycles. The molecule has 0 amide bonds. The highest BCUT2D eigenvalue weighted by Crippen LogP contribution is 2.13. The summed E-state index contributed by atoms with van der Waals surface area (Å²) in [7, 11) is 0. The van der Waals surface area contributed by atoms with Crippen LogP contribution in [0.5, 0.6) is 0 Å². The van der Waals surface area contributed by atoms with Crippen LogP contribution >= 0.6 is 22.9 Å². The number of thiophene rings is 1. The number of aromatic nitrogens is 2. The molecule has 2 heterocycles. The van der Waals surface area contributed by atoms with E-state index in [-0.39, 0.29) is 5.91 Å². The second kappa shape index (κ2) is 6.08. The van der Waals surface area contributed by atoms with Gasteiger partial charge in [0, 0.05) is 21.7 Å². The van der Waals surface area contributed by atoms with Crippen LogP contribution in [0.4, 0.5) is 0 Å². The number of nitrogens with zero attached hydrogens (tertiary/aromatic N) is 2. The smallest absolute Gasteiger partial charge is 0.267 e. The van der Waals surface area contributed by atoms with Crippen LogP contribution in [0.25, 0.3) is 12.2 Å². The number of halogens is 1. The SMILES string of the molecule is O=C(c1ccc(Cl)cc1)n1ccc(/C=C/c2cccs2)n1. The summed E-state index contributed by atoms with van der Waals surface area (Å²) in [5.74, 6) is -0.178. The van der Waals surface area contributed by atoms with Gasteiger partial charge in [0.15, 0.2) is 0 Å². The largest absolute Gasteiger partial charge is 0.278 e. The van der Waals surface area contributed by atoms with Crippen molar-refractivity contribution < 1.29 is 4.79 Å². The van der Waals surface area contributed by atoms with Crippen LogP contribution in [0.15, 0.2) is 54.0 Å². The van der Waals surface area contributed by atoms with Crippen molar-refractivity contribution in [3.8, 4) is 0 Å². The molecule has 2 aromatic heterocycles. The van der Waals surface area contributed by atoms with E-state index in [4.69, 9.17) is 11.6 Å². The molecule has 0 bridgehead atoms. The van der Waals surface area contributed by atoms with Crippen molar-refractivity contribution in [2.24, 2.45) is 0 Å². The van der Waals surface area contributed by atoms with Crippen LogP contribution < -0.4 is 0 Å². The van der Waals surface area contributed by atoms with E-state index in [0.29, 0.717) is 10.6 Å². The van der Waals surface area contributed by atoms with Crippen molar-refractivity contribution in [3.63, 3.8) is 0 Å². The minimum Gasteiger partial charge on any atom is -0.267 e. The van der Waals surface area contributed by atoms with Crippen molar-refractivity contribution in [1.29, 1.82) is 0 Å². The molecule has 0 aliphatic heterocycles. The molecule has 21 heavy (non-hydrogen) atoms. The predicted octanol–water partition coefficient (Wildman–Crippen LogP) is 4.46. The molecule has 0 fully saturated rings. The molecule has 5 heteroatoms. The summed E-state index contributed by atoms with van der Waals surface area (Å²) in [6, 6.07) is 12.6. The van der Waals surface area contributed by atoms with Gasteiger partial charge in [-0.15, -0.1) is 11.3 Å². The van der Waals surface area contributed by atoms with E-state index in [1.54, 1.807) is 47.9 Å². The third kappa shape index (κ3) is 3.29. The van der Waals surface area contributed by atoms with Crippen LogP contribution in [0, 0.1) is 0 Å². The first kappa shape index (κ1) is 13.8. The molecule has 0 saturated heterocycles. The van der Waals surface area contributed by atoms with Gasteiger partial charge in [0.05, 0.1) is 5.69 Å². The fourth-order valence-corrected chi connectivity index (χ4v) is 2.56. The third-order valence-electron chi connectivity index (χ3n) is 2.87. The third-order valence-corrected chi connectivity index (χ3v) is 3.96. The molecule has 3 rings (SSSR count). The van der Waals surface area contributed by atoms with Crippen molar-refractivity contribution in [3.05, 3.63) is 75.2 Å². The lowest BCUT2D eigenvalue weighted by molar-refractivity contribution is 0.0945. The van der Waals surface area contributed by atoms with Crippen molar-refractivity contribution in [2.75, 3.05) is 0 Å². The lowest BCUT2D eigenvalue weighted by Crippen LogP contribution is -2.12. The highest BCUT2D eigenvalue weighted by atomic mass is 35.5. The highest BCUT2D eigenvalue weighted by Gasteiger charge is 2.09. The Labute approximate surface area is 131 Å². The van der Waals surface area contributed by atoms with Gasteiger partial charge in [-0.2, -0.15) is 5.10 Å². The summed E-state index contributed by atoms with van der Waals surface area (Å²) in [6.07, 6.45) is 5.52. The predicted molar refractivity (Wildman–Crippen MR) is 86.7 cm³/mol. The summed E-state index contributed by atoms with van der Waals surface area (Å²) in [4.78, 5) is 13.4. The van der Waals surface area contributed by atoms with Crippen molar-refractivity contribution >= 4 is 41.0 Å². The summed E-state index contributed by atoms with van der Waals surface area (Å²) in [5.41, 5.74) is 1.29. The molecule has 0 spiro atoms. The Morgan fingerprint density at radius 1 is 1.14 bits per heavy atom. The molecule has 3 nitrogen and oxygen atoms in total. The molecular formula is C16H11ClN2OS. The topological polar surface area (TPSA) is 34.9 Å². The number of carbonyl (C=O) groups is 1. The van der Waals surface area contributed by atoms with Gasteiger partial charge >= 0.3 is 0 Å². The second-order valence-corrected chi connectivity index (χ2v) is 5.76. The van der Waals surface area contributed by atoms with Gasteiger partial charge in [0.25, 0.3) is 5.91 Å². The van der Waals surface area contributed by atoms with E-state index in [9.17, 15) is 4.79 Å². The number of carbonyl (C=O) groups excluding carboxylic acids is 1. The number of hydrogen-bond acceptors (Lipinski definition) is 3. The van der Waals surface area contributed by atoms with E-state index in [1.807, 2.05) is 29.7 Å². The summed E-state index contributed by atoms with van der Waals surface area (Å²) < 4.78 is 1.33.